The molecule has 0 radical (unpaired) electrons. The lowest BCUT2D eigenvalue weighted by molar-refractivity contribution is -0.120. The van der Waals surface area contributed by atoms with Crippen LogP contribution >= 0.6 is 16.8 Å². The van der Waals surface area contributed by atoms with E-state index >= 15 is 0 Å². The molecule has 1 aliphatic carbocycles. The molecule has 0 aliphatic heterocycles. The number of carbonyl (C=O) groups is 1. The van der Waals surface area contributed by atoms with Crippen molar-refractivity contribution in [2.45, 2.75) is 65.6 Å². The predicted octanol–water partition coefficient (Wildman–Crippen LogP) is 4.40. The van der Waals surface area contributed by atoms with Crippen molar-refractivity contribution in [2.24, 2.45) is 23.5 Å². The fraction of sp³-hybridized carbons (Fsp3) is 0.933. The topological polar surface area (TPSA) is 52.3 Å². The van der Waals surface area contributed by atoms with Crippen molar-refractivity contribution < 1.29 is 9.32 Å². The van der Waals surface area contributed by atoms with Crippen LogP contribution in [0.25, 0.3) is 0 Å². The Morgan fingerprint density at radius 3 is 2.43 bits per heavy atom. The zero-order chi connectivity index (χ0) is 16.2. The van der Waals surface area contributed by atoms with Gasteiger partial charge in [-0.05, 0) is 38.5 Å². The molecule has 124 valence electrons. The highest BCUT2D eigenvalue weighted by atomic mass is 32.9. The Morgan fingerprint density at radius 1 is 1.33 bits per heavy atom. The van der Waals surface area contributed by atoms with Crippen LogP contribution in [0.5, 0.6) is 0 Å². The van der Waals surface area contributed by atoms with Gasteiger partial charge in [0.15, 0.2) is 0 Å². The van der Waals surface area contributed by atoms with E-state index in [0.717, 1.165) is 0 Å². The molecular weight excluding hydrogens is 321 g/mol. The molecule has 0 saturated heterocycles. The lowest BCUT2D eigenvalue weighted by Gasteiger charge is -2.35. The van der Waals surface area contributed by atoms with Gasteiger partial charge in [-0.15, -0.1) is 0 Å². The Labute approximate surface area is 139 Å². The molecule has 6 heteroatoms. The summed E-state index contributed by atoms with van der Waals surface area (Å²) in [7, 11) is 0. The van der Waals surface area contributed by atoms with Crippen molar-refractivity contribution in [1.29, 1.82) is 0 Å². The molecule has 0 aromatic heterocycles. The average Bonchev–Trinajstić information content (AvgIpc) is 2.84. The maximum Gasteiger partial charge on any atom is 0.221 e. The molecule has 3 nitrogen and oxygen atoms in total. The zero-order valence-corrected chi connectivity index (χ0v) is 16.4. The fourth-order valence-corrected chi connectivity index (χ4v) is 11.2. The Balaban J connectivity index is 2.87. The highest BCUT2D eigenvalue weighted by Crippen LogP contribution is 2.70. The van der Waals surface area contributed by atoms with Crippen LogP contribution in [0.15, 0.2) is 0 Å². The molecular formula is C15H30NO2PS2. The second-order valence-corrected chi connectivity index (χ2v) is 14.0. The largest absolute Gasteiger partial charge is 0.369 e. The van der Waals surface area contributed by atoms with Gasteiger partial charge >= 0.3 is 0 Å². The molecule has 4 atom stereocenters. The summed E-state index contributed by atoms with van der Waals surface area (Å²) in [5.41, 5.74) is 3.88. The molecule has 21 heavy (non-hydrogen) atoms. The molecule has 4 unspecified atom stereocenters. The summed E-state index contributed by atoms with van der Waals surface area (Å²) in [6.07, 6.45) is 3.82. The SMILES string of the molecule is CC(C)OP(=S)(SCC(C)C(N)=O)C1CCCC1C(C)C. The van der Waals surface area contributed by atoms with Gasteiger partial charge < -0.3 is 10.3 Å². The smallest absolute Gasteiger partial charge is 0.221 e. The van der Waals surface area contributed by atoms with Gasteiger partial charge in [-0.25, -0.2) is 0 Å². The second kappa shape index (κ2) is 8.33. The van der Waals surface area contributed by atoms with Crippen molar-refractivity contribution in [2.75, 3.05) is 5.75 Å². The van der Waals surface area contributed by atoms with Crippen molar-refractivity contribution in [1.82, 2.24) is 0 Å². The number of hydrogen-bond donors (Lipinski definition) is 1. The summed E-state index contributed by atoms with van der Waals surface area (Å²) >= 11 is 7.75. The van der Waals surface area contributed by atoms with E-state index in [2.05, 4.69) is 27.7 Å². The summed E-state index contributed by atoms with van der Waals surface area (Å²) in [5.74, 6) is 1.59. The van der Waals surface area contributed by atoms with E-state index in [0.29, 0.717) is 23.2 Å². The third-order valence-corrected chi connectivity index (χ3v) is 11.9. The maximum atomic E-state index is 11.3. The Morgan fingerprint density at radius 2 is 1.95 bits per heavy atom. The second-order valence-electron chi connectivity index (χ2n) is 6.70. The van der Waals surface area contributed by atoms with Gasteiger partial charge in [0.25, 0.3) is 0 Å². The summed E-state index contributed by atoms with van der Waals surface area (Å²) in [4.78, 5) is 11.3. The van der Waals surface area contributed by atoms with Crippen LogP contribution < -0.4 is 5.73 Å². The first-order valence-corrected chi connectivity index (χ1v) is 12.3. The Bertz CT molecular complexity index is 401. The van der Waals surface area contributed by atoms with Gasteiger partial charge in [-0.3, -0.25) is 4.79 Å². The molecule has 2 N–H and O–H groups in total. The number of amides is 1. The monoisotopic (exact) mass is 351 g/mol. The normalized spacial score (nSPS) is 27.0. The first-order valence-electron chi connectivity index (χ1n) is 7.89. The third-order valence-electron chi connectivity index (χ3n) is 4.14. The number of rotatable bonds is 8. The molecule has 0 heterocycles. The van der Waals surface area contributed by atoms with E-state index in [-0.39, 0.29) is 17.9 Å². The molecule has 1 rings (SSSR count). The van der Waals surface area contributed by atoms with Crippen molar-refractivity contribution in [3.05, 3.63) is 0 Å². The quantitative estimate of drug-likeness (QED) is 0.659. The van der Waals surface area contributed by atoms with E-state index in [1.165, 1.54) is 19.3 Å². The van der Waals surface area contributed by atoms with E-state index in [4.69, 9.17) is 22.1 Å². The molecule has 1 saturated carbocycles. The zero-order valence-electron chi connectivity index (χ0n) is 13.9. The number of carbonyl (C=O) groups excluding carboxylic acids is 1. The third kappa shape index (κ3) is 5.53. The standard InChI is InChI=1S/C15H30NO2PS2/c1-10(2)13-7-6-8-14(13)19(20,18-11(3)4)21-9-12(5)15(16)17/h10-14H,6-9H2,1-5H3,(H2,16,17). The molecule has 1 amide bonds. The van der Waals surface area contributed by atoms with Gasteiger partial charge in [0.1, 0.15) is 5.47 Å². The van der Waals surface area contributed by atoms with Crippen LogP contribution in [0, 0.1) is 17.8 Å². The molecule has 0 bridgehead atoms. The van der Waals surface area contributed by atoms with Crippen molar-refractivity contribution in [3.63, 3.8) is 0 Å². The van der Waals surface area contributed by atoms with E-state index in [1.807, 2.05) is 6.92 Å². The van der Waals surface area contributed by atoms with Crippen LogP contribution in [0.4, 0.5) is 0 Å². The van der Waals surface area contributed by atoms with Crippen LogP contribution in [0.3, 0.4) is 0 Å². The lowest BCUT2D eigenvalue weighted by Crippen LogP contribution is -2.24. The minimum atomic E-state index is -1.98. The van der Waals surface area contributed by atoms with Gasteiger partial charge in [0.2, 0.25) is 5.91 Å². The van der Waals surface area contributed by atoms with Gasteiger partial charge in [-0.2, -0.15) is 0 Å². The van der Waals surface area contributed by atoms with Crippen LogP contribution in [-0.2, 0) is 21.1 Å². The lowest BCUT2D eigenvalue weighted by atomic mass is 9.94. The molecule has 1 aliphatic rings. The van der Waals surface area contributed by atoms with Gasteiger partial charge in [-0.1, -0.05) is 50.4 Å². The summed E-state index contributed by atoms with van der Waals surface area (Å²) in [6, 6.07) is 0. The average molecular weight is 352 g/mol. The highest BCUT2D eigenvalue weighted by Gasteiger charge is 2.41. The minimum absolute atomic E-state index is 0.139. The van der Waals surface area contributed by atoms with Gasteiger partial charge in [0.05, 0.1) is 6.10 Å². The van der Waals surface area contributed by atoms with E-state index in [9.17, 15) is 4.79 Å². The maximum absolute atomic E-state index is 11.3. The van der Waals surface area contributed by atoms with E-state index in [1.54, 1.807) is 11.4 Å². The van der Waals surface area contributed by atoms with E-state index < -0.39 is 5.47 Å². The van der Waals surface area contributed by atoms with Crippen molar-refractivity contribution in [3.8, 4) is 0 Å². The van der Waals surface area contributed by atoms with Gasteiger partial charge in [0, 0.05) is 17.3 Å². The minimum Gasteiger partial charge on any atom is -0.369 e. The van der Waals surface area contributed by atoms with Crippen molar-refractivity contribution >= 4 is 34.6 Å². The molecule has 0 aromatic carbocycles. The van der Waals surface area contributed by atoms with Crippen LogP contribution in [0.1, 0.15) is 53.9 Å². The summed E-state index contributed by atoms with van der Waals surface area (Å²) in [6.45, 7) is 10.6. The summed E-state index contributed by atoms with van der Waals surface area (Å²) < 4.78 is 6.27. The number of hydrogen-bond acceptors (Lipinski definition) is 4. The number of nitrogens with two attached hydrogens (primary N) is 1. The molecule has 0 aromatic rings. The number of primary amides is 1. The molecule has 0 spiro atoms. The first kappa shape index (κ1) is 19.5. The van der Waals surface area contributed by atoms with Crippen LogP contribution in [0.2, 0.25) is 0 Å². The Kier molecular flexibility index (Phi) is 7.73. The van der Waals surface area contributed by atoms with Crippen LogP contribution in [-0.4, -0.2) is 23.4 Å². The predicted molar refractivity (Wildman–Crippen MR) is 97.3 cm³/mol. The Hall–Kier alpha value is 0.430. The highest BCUT2D eigenvalue weighted by molar-refractivity contribution is 8.69. The molecule has 1 fully saturated rings. The first-order chi connectivity index (χ1) is 9.67. The summed E-state index contributed by atoms with van der Waals surface area (Å²) in [5, 5.41) is 0. The fourth-order valence-electron chi connectivity index (χ4n) is 2.94.